The molecule has 2 aliphatic rings. The van der Waals surface area contributed by atoms with Crippen molar-refractivity contribution in [1.29, 1.82) is 0 Å². The topological polar surface area (TPSA) is 66.0 Å². The fourth-order valence-corrected chi connectivity index (χ4v) is 2.54. The van der Waals surface area contributed by atoms with Gasteiger partial charge in [0.05, 0.1) is 5.69 Å². The lowest BCUT2D eigenvalue weighted by molar-refractivity contribution is -0.119. The molecule has 2 aromatic rings. The number of benzene rings is 1. The number of fused-ring (bicyclic) bond motifs is 3. The number of nitrogens with zero attached hydrogens (tertiary/aromatic N) is 1. The molecule has 1 unspecified atom stereocenters. The van der Waals surface area contributed by atoms with E-state index >= 15 is 0 Å². The van der Waals surface area contributed by atoms with E-state index in [1.54, 1.807) is 18.3 Å². The van der Waals surface area contributed by atoms with Crippen molar-refractivity contribution in [1.82, 2.24) is 4.98 Å². The van der Waals surface area contributed by atoms with Crippen LogP contribution in [0, 0.1) is 5.82 Å². The molecule has 1 aromatic carbocycles. The zero-order valence-electron chi connectivity index (χ0n) is 9.70. The highest BCUT2D eigenvalue weighted by atomic mass is 19.1. The van der Waals surface area contributed by atoms with Gasteiger partial charge in [-0.1, -0.05) is 0 Å². The molecule has 0 radical (unpaired) electrons. The number of pyridine rings is 1. The van der Waals surface area contributed by atoms with Gasteiger partial charge in [0, 0.05) is 17.4 Å². The molecule has 0 fully saturated rings. The number of aromatic nitrogens is 1. The van der Waals surface area contributed by atoms with Crippen molar-refractivity contribution < 1.29 is 9.18 Å². The van der Waals surface area contributed by atoms with E-state index in [-0.39, 0.29) is 11.7 Å². The van der Waals surface area contributed by atoms with E-state index in [4.69, 9.17) is 0 Å². The molecule has 6 heteroatoms. The van der Waals surface area contributed by atoms with Crippen LogP contribution in [0.25, 0.3) is 0 Å². The van der Waals surface area contributed by atoms with Gasteiger partial charge in [0.25, 0.3) is 5.91 Å². The number of hydrogen-bond acceptors (Lipinski definition) is 4. The molecule has 94 valence electrons. The number of nitrogens with one attached hydrogen (secondary N) is 3. The van der Waals surface area contributed by atoms with Crippen LogP contribution in [0.4, 0.5) is 21.6 Å². The van der Waals surface area contributed by atoms with Gasteiger partial charge in [-0.15, -0.1) is 0 Å². The van der Waals surface area contributed by atoms with Gasteiger partial charge in [-0.25, -0.2) is 9.37 Å². The standard InChI is InChI=1S/C13H9FN4O/c14-7-3-4-9-8(6-7)13(12(19)16-9)17-10-2-1-5-15-11(10)18-13/h1-6,17H,(H,15,18)(H,16,19). The molecule has 1 atom stereocenters. The SMILES string of the molecule is O=C1Nc2ccc(F)cc2C12Nc1cccnc1N2. The Labute approximate surface area is 107 Å². The summed E-state index contributed by atoms with van der Waals surface area (Å²) >= 11 is 0. The van der Waals surface area contributed by atoms with Crippen LogP contribution in [0.3, 0.4) is 0 Å². The molecule has 4 rings (SSSR count). The number of carbonyl (C=O) groups is 1. The normalized spacial score (nSPS) is 22.5. The molecule has 1 aromatic heterocycles. The highest BCUT2D eigenvalue weighted by molar-refractivity contribution is 6.11. The molecule has 1 amide bonds. The summed E-state index contributed by atoms with van der Waals surface area (Å²) in [4.78, 5) is 16.4. The lowest BCUT2D eigenvalue weighted by Crippen LogP contribution is -2.45. The fraction of sp³-hybridized carbons (Fsp3) is 0.0769. The van der Waals surface area contributed by atoms with E-state index in [9.17, 15) is 9.18 Å². The third kappa shape index (κ3) is 1.22. The summed E-state index contributed by atoms with van der Waals surface area (Å²) in [6, 6.07) is 7.80. The Balaban J connectivity index is 1.90. The summed E-state index contributed by atoms with van der Waals surface area (Å²) in [5, 5.41) is 8.87. The molecule has 1 spiro atoms. The van der Waals surface area contributed by atoms with Gasteiger partial charge in [-0.2, -0.15) is 0 Å². The van der Waals surface area contributed by atoms with Crippen LogP contribution in [0.15, 0.2) is 36.5 Å². The average molecular weight is 256 g/mol. The zero-order valence-corrected chi connectivity index (χ0v) is 9.70. The summed E-state index contributed by atoms with van der Waals surface area (Å²) in [5.74, 6) is -0.0806. The summed E-state index contributed by atoms with van der Waals surface area (Å²) in [6.07, 6.45) is 1.63. The fourth-order valence-electron chi connectivity index (χ4n) is 2.54. The van der Waals surface area contributed by atoms with E-state index in [1.807, 2.05) is 6.07 Å². The summed E-state index contributed by atoms with van der Waals surface area (Å²) in [7, 11) is 0. The molecule has 3 heterocycles. The maximum absolute atomic E-state index is 13.4. The maximum atomic E-state index is 13.4. The predicted molar refractivity (Wildman–Crippen MR) is 68.2 cm³/mol. The minimum Gasteiger partial charge on any atom is -0.348 e. The Bertz CT molecular complexity index is 691. The Morgan fingerprint density at radius 1 is 1.16 bits per heavy atom. The summed E-state index contributed by atoms with van der Waals surface area (Å²) in [5.41, 5.74) is 0.679. The Morgan fingerprint density at radius 3 is 2.89 bits per heavy atom. The number of anilines is 3. The third-order valence-corrected chi connectivity index (χ3v) is 3.41. The quantitative estimate of drug-likeness (QED) is 0.673. The zero-order chi connectivity index (χ0) is 13.0. The Hall–Kier alpha value is -2.63. The lowest BCUT2D eigenvalue weighted by atomic mass is 10.0. The van der Waals surface area contributed by atoms with Crippen LogP contribution in [0.1, 0.15) is 5.56 Å². The number of hydrogen-bond donors (Lipinski definition) is 3. The third-order valence-electron chi connectivity index (χ3n) is 3.41. The van der Waals surface area contributed by atoms with Crippen molar-refractivity contribution in [2.75, 3.05) is 16.0 Å². The van der Waals surface area contributed by atoms with Crippen LogP contribution in [-0.4, -0.2) is 10.9 Å². The number of carbonyl (C=O) groups excluding carboxylic acids is 1. The van der Waals surface area contributed by atoms with E-state index in [1.165, 1.54) is 12.1 Å². The van der Waals surface area contributed by atoms with Crippen molar-refractivity contribution in [3.05, 3.63) is 47.9 Å². The first kappa shape index (κ1) is 10.3. The first-order chi connectivity index (χ1) is 9.19. The molecule has 19 heavy (non-hydrogen) atoms. The summed E-state index contributed by atoms with van der Waals surface area (Å²) < 4.78 is 13.4. The van der Waals surface area contributed by atoms with Crippen molar-refractivity contribution in [2.45, 2.75) is 5.66 Å². The molecule has 5 nitrogen and oxygen atoms in total. The second-order valence-electron chi connectivity index (χ2n) is 4.54. The maximum Gasteiger partial charge on any atom is 0.275 e. The molecular weight excluding hydrogens is 247 g/mol. The number of amides is 1. The van der Waals surface area contributed by atoms with Crippen molar-refractivity contribution in [3.63, 3.8) is 0 Å². The Morgan fingerprint density at radius 2 is 2.05 bits per heavy atom. The van der Waals surface area contributed by atoms with Gasteiger partial charge < -0.3 is 16.0 Å². The highest BCUT2D eigenvalue weighted by Gasteiger charge is 2.51. The van der Waals surface area contributed by atoms with Gasteiger partial charge >= 0.3 is 0 Å². The van der Waals surface area contributed by atoms with Crippen molar-refractivity contribution >= 4 is 23.1 Å². The molecule has 0 bridgehead atoms. The van der Waals surface area contributed by atoms with Gasteiger partial charge in [0.1, 0.15) is 5.82 Å². The van der Waals surface area contributed by atoms with Crippen LogP contribution < -0.4 is 16.0 Å². The molecule has 0 saturated carbocycles. The van der Waals surface area contributed by atoms with Gasteiger partial charge in [0.2, 0.25) is 5.66 Å². The molecule has 0 aliphatic carbocycles. The van der Waals surface area contributed by atoms with Crippen LogP contribution in [-0.2, 0) is 10.5 Å². The molecule has 2 aliphatic heterocycles. The van der Waals surface area contributed by atoms with Crippen LogP contribution in [0.5, 0.6) is 0 Å². The first-order valence-electron chi connectivity index (χ1n) is 5.82. The number of rotatable bonds is 0. The molecular formula is C13H9FN4O. The minimum absolute atomic E-state index is 0.272. The van der Waals surface area contributed by atoms with Gasteiger partial charge in [-0.05, 0) is 30.3 Å². The van der Waals surface area contributed by atoms with E-state index in [2.05, 4.69) is 20.9 Å². The van der Waals surface area contributed by atoms with Gasteiger partial charge in [0.15, 0.2) is 5.82 Å². The first-order valence-corrected chi connectivity index (χ1v) is 5.82. The molecule has 0 saturated heterocycles. The van der Waals surface area contributed by atoms with Crippen LogP contribution in [0.2, 0.25) is 0 Å². The van der Waals surface area contributed by atoms with E-state index in [0.717, 1.165) is 5.69 Å². The van der Waals surface area contributed by atoms with Crippen molar-refractivity contribution in [3.8, 4) is 0 Å². The average Bonchev–Trinajstić information content (AvgIpc) is 2.91. The molecule has 3 N–H and O–H groups in total. The van der Waals surface area contributed by atoms with Crippen LogP contribution >= 0.6 is 0 Å². The number of halogens is 1. The summed E-state index contributed by atoms with van der Waals surface area (Å²) in [6.45, 7) is 0. The predicted octanol–water partition coefficient (Wildman–Crippen LogP) is 1.86. The smallest absolute Gasteiger partial charge is 0.275 e. The lowest BCUT2D eigenvalue weighted by Gasteiger charge is -2.23. The second-order valence-corrected chi connectivity index (χ2v) is 4.54. The van der Waals surface area contributed by atoms with E-state index in [0.29, 0.717) is 17.1 Å². The highest BCUT2D eigenvalue weighted by Crippen LogP contribution is 2.44. The van der Waals surface area contributed by atoms with Gasteiger partial charge in [-0.3, -0.25) is 4.79 Å². The van der Waals surface area contributed by atoms with E-state index < -0.39 is 5.66 Å². The Kier molecular flexibility index (Phi) is 1.75. The van der Waals surface area contributed by atoms with Crippen molar-refractivity contribution in [2.24, 2.45) is 0 Å². The second kappa shape index (κ2) is 3.23. The minimum atomic E-state index is -1.17. The monoisotopic (exact) mass is 256 g/mol. The largest absolute Gasteiger partial charge is 0.348 e.